The first-order chi connectivity index (χ1) is 8.29. The lowest BCUT2D eigenvalue weighted by Crippen LogP contribution is -2.16. The van der Waals surface area contributed by atoms with Gasteiger partial charge in [-0.15, -0.1) is 0 Å². The van der Waals surface area contributed by atoms with Gasteiger partial charge in [-0.2, -0.15) is 0 Å². The SMILES string of the molecule is COC(=O)c1cccc(OC[C@@H]2CCCO2)c1. The van der Waals surface area contributed by atoms with Gasteiger partial charge in [-0.3, -0.25) is 0 Å². The number of hydrogen-bond donors (Lipinski definition) is 0. The van der Waals surface area contributed by atoms with Crippen LogP contribution in [0.4, 0.5) is 0 Å². The van der Waals surface area contributed by atoms with E-state index in [2.05, 4.69) is 4.74 Å². The quantitative estimate of drug-likeness (QED) is 0.750. The van der Waals surface area contributed by atoms with Gasteiger partial charge in [0.1, 0.15) is 12.4 Å². The number of carbonyl (C=O) groups excluding carboxylic acids is 1. The van der Waals surface area contributed by atoms with Crippen LogP contribution in [0.3, 0.4) is 0 Å². The summed E-state index contributed by atoms with van der Waals surface area (Å²) in [6, 6.07) is 6.98. The summed E-state index contributed by atoms with van der Waals surface area (Å²) < 4.78 is 15.7. The average molecular weight is 236 g/mol. The first-order valence-corrected chi connectivity index (χ1v) is 5.72. The van der Waals surface area contributed by atoms with Crippen molar-refractivity contribution in [2.24, 2.45) is 0 Å². The van der Waals surface area contributed by atoms with Crippen LogP contribution in [0.1, 0.15) is 23.2 Å². The fraction of sp³-hybridized carbons (Fsp3) is 0.462. The number of rotatable bonds is 4. The Labute approximate surface area is 100 Å². The third kappa shape index (κ3) is 3.20. The molecule has 1 aliphatic rings. The van der Waals surface area contributed by atoms with Crippen molar-refractivity contribution in [3.63, 3.8) is 0 Å². The lowest BCUT2D eigenvalue weighted by Gasteiger charge is -2.11. The standard InChI is InChI=1S/C13H16O4/c1-15-13(14)10-4-2-5-11(8-10)17-9-12-6-3-7-16-12/h2,4-5,8,12H,3,6-7,9H2,1H3/t12-/m0/s1. The first kappa shape index (κ1) is 11.9. The van der Waals surface area contributed by atoms with Gasteiger partial charge in [0.15, 0.2) is 0 Å². The van der Waals surface area contributed by atoms with Crippen LogP contribution in [0.25, 0.3) is 0 Å². The van der Waals surface area contributed by atoms with Crippen LogP contribution < -0.4 is 4.74 Å². The van der Waals surface area contributed by atoms with Crippen molar-refractivity contribution in [3.8, 4) is 5.75 Å². The van der Waals surface area contributed by atoms with E-state index >= 15 is 0 Å². The van der Waals surface area contributed by atoms with Crippen molar-refractivity contribution in [2.75, 3.05) is 20.3 Å². The first-order valence-electron chi connectivity index (χ1n) is 5.72. The fourth-order valence-corrected chi connectivity index (χ4v) is 1.80. The van der Waals surface area contributed by atoms with E-state index in [4.69, 9.17) is 9.47 Å². The van der Waals surface area contributed by atoms with Crippen LogP contribution in [0.2, 0.25) is 0 Å². The molecule has 0 aliphatic carbocycles. The molecule has 92 valence electrons. The molecule has 0 amide bonds. The van der Waals surface area contributed by atoms with E-state index in [1.807, 2.05) is 6.07 Å². The molecule has 2 rings (SSSR count). The Bertz CT molecular complexity index is 383. The predicted molar refractivity (Wildman–Crippen MR) is 62.3 cm³/mol. The van der Waals surface area contributed by atoms with Crippen molar-refractivity contribution in [1.29, 1.82) is 0 Å². The van der Waals surface area contributed by atoms with Gasteiger partial charge in [0.2, 0.25) is 0 Å². The second-order valence-electron chi connectivity index (χ2n) is 3.97. The van der Waals surface area contributed by atoms with E-state index in [1.54, 1.807) is 18.2 Å². The molecule has 1 atom stereocenters. The Morgan fingerprint density at radius 3 is 3.12 bits per heavy atom. The van der Waals surface area contributed by atoms with Crippen LogP contribution >= 0.6 is 0 Å². The minimum atomic E-state index is -0.354. The minimum absolute atomic E-state index is 0.178. The molecule has 0 N–H and O–H groups in total. The Morgan fingerprint density at radius 2 is 2.41 bits per heavy atom. The van der Waals surface area contributed by atoms with Gasteiger partial charge in [-0.05, 0) is 31.0 Å². The van der Waals surface area contributed by atoms with E-state index in [0.29, 0.717) is 17.9 Å². The zero-order valence-corrected chi connectivity index (χ0v) is 9.85. The molecule has 1 fully saturated rings. The molecule has 0 bridgehead atoms. The number of esters is 1. The molecular weight excluding hydrogens is 220 g/mol. The Balaban J connectivity index is 1.93. The third-order valence-electron chi connectivity index (χ3n) is 2.72. The highest BCUT2D eigenvalue weighted by Crippen LogP contribution is 2.17. The van der Waals surface area contributed by atoms with Crippen LogP contribution in [0, 0.1) is 0 Å². The van der Waals surface area contributed by atoms with Crippen LogP contribution in [-0.2, 0) is 9.47 Å². The summed E-state index contributed by atoms with van der Waals surface area (Å²) in [5.41, 5.74) is 0.498. The third-order valence-corrected chi connectivity index (χ3v) is 2.72. The topological polar surface area (TPSA) is 44.8 Å². The number of carbonyl (C=O) groups is 1. The zero-order chi connectivity index (χ0) is 12.1. The second-order valence-corrected chi connectivity index (χ2v) is 3.97. The zero-order valence-electron chi connectivity index (χ0n) is 9.85. The molecule has 0 spiro atoms. The molecule has 1 saturated heterocycles. The largest absolute Gasteiger partial charge is 0.491 e. The van der Waals surface area contributed by atoms with Gasteiger partial charge in [0, 0.05) is 6.61 Å². The summed E-state index contributed by atoms with van der Waals surface area (Å²) in [6.45, 7) is 1.35. The molecule has 0 aromatic heterocycles. The summed E-state index contributed by atoms with van der Waals surface area (Å²) in [5, 5.41) is 0. The second kappa shape index (κ2) is 5.68. The maximum absolute atomic E-state index is 11.3. The number of hydrogen-bond acceptors (Lipinski definition) is 4. The smallest absolute Gasteiger partial charge is 0.337 e. The maximum Gasteiger partial charge on any atom is 0.337 e. The van der Waals surface area contributed by atoms with Crippen LogP contribution in [0.15, 0.2) is 24.3 Å². The van der Waals surface area contributed by atoms with Gasteiger partial charge in [-0.25, -0.2) is 4.79 Å². The van der Waals surface area contributed by atoms with Crippen LogP contribution in [-0.4, -0.2) is 32.4 Å². The maximum atomic E-state index is 11.3. The molecule has 0 unspecified atom stereocenters. The summed E-state index contributed by atoms with van der Waals surface area (Å²) in [4.78, 5) is 11.3. The predicted octanol–water partition coefficient (Wildman–Crippen LogP) is 2.03. The van der Waals surface area contributed by atoms with Crippen molar-refractivity contribution in [3.05, 3.63) is 29.8 Å². The molecule has 17 heavy (non-hydrogen) atoms. The Morgan fingerprint density at radius 1 is 1.53 bits per heavy atom. The van der Waals surface area contributed by atoms with Gasteiger partial charge < -0.3 is 14.2 Å². The van der Waals surface area contributed by atoms with E-state index in [1.165, 1.54) is 7.11 Å². The summed E-state index contributed by atoms with van der Waals surface area (Å²) in [6.07, 6.45) is 2.31. The van der Waals surface area contributed by atoms with E-state index < -0.39 is 0 Å². The lowest BCUT2D eigenvalue weighted by atomic mass is 10.2. The van der Waals surface area contributed by atoms with Gasteiger partial charge in [0.25, 0.3) is 0 Å². The number of benzene rings is 1. The molecule has 1 aromatic rings. The molecule has 0 saturated carbocycles. The average Bonchev–Trinajstić information content (AvgIpc) is 2.89. The number of methoxy groups -OCH3 is 1. The molecule has 0 radical (unpaired) electrons. The van der Waals surface area contributed by atoms with E-state index in [9.17, 15) is 4.79 Å². The highest BCUT2D eigenvalue weighted by atomic mass is 16.5. The summed E-state index contributed by atoms with van der Waals surface area (Å²) >= 11 is 0. The minimum Gasteiger partial charge on any atom is -0.491 e. The van der Waals surface area contributed by atoms with Crippen molar-refractivity contribution < 1.29 is 19.0 Å². The molecule has 1 aliphatic heterocycles. The van der Waals surface area contributed by atoms with Gasteiger partial charge in [0.05, 0.1) is 18.8 Å². The molecule has 1 heterocycles. The Kier molecular flexibility index (Phi) is 3.98. The summed E-state index contributed by atoms with van der Waals surface area (Å²) in [7, 11) is 1.36. The fourth-order valence-electron chi connectivity index (χ4n) is 1.80. The molecule has 4 heteroatoms. The molecule has 4 nitrogen and oxygen atoms in total. The Hall–Kier alpha value is -1.55. The van der Waals surface area contributed by atoms with Crippen LogP contribution in [0.5, 0.6) is 5.75 Å². The highest BCUT2D eigenvalue weighted by Gasteiger charge is 2.16. The van der Waals surface area contributed by atoms with Crippen molar-refractivity contribution >= 4 is 5.97 Å². The van der Waals surface area contributed by atoms with Gasteiger partial charge >= 0.3 is 5.97 Å². The van der Waals surface area contributed by atoms with Gasteiger partial charge in [-0.1, -0.05) is 6.07 Å². The highest BCUT2D eigenvalue weighted by molar-refractivity contribution is 5.89. The normalized spacial score (nSPS) is 19.0. The monoisotopic (exact) mass is 236 g/mol. The van der Waals surface area contributed by atoms with E-state index in [0.717, 1.165) is 19.4 Å². The van der Waals surface area contributed by atoms with Crippen molar-refractivity contribution in [1.82, 2.24) is 0 Å². The van der Waals surface area contributed by atoms with Crippen molar-refractivity contribution in [2.45, 2.75) is 18.9 Å². The van der Waals surface area contributed by atoms with E-state index in [-0.39, 0.29) is 12.1 Å². The molecular formula is C13H16O4. The summed E-state index contributed by atoms with van der Waals surface area (Å²) in [5.74, 6) is 0.316. The lowest BCUT2D eigenvalue weighted by molar-refractivity contribution is 0.0598. The molecule has 1 aromatic carbocycles. The number of ether oxygens (including phenoxy) is 3.